The Balaban J connectivity index is 2.23. The van der Waals surface area contributed by atoms with Gasteiger partial charge < -0.3 is 0 Å². The van der Waals surface area contributed by atoms with E-state index in [2.05, 4.69) is 55.5 Å². The number of benzene rings is 2. The molecule has 1 nitrogen and oxygen atoms in total. The van der Waals surface area contributed by atoms with E-state index in [9.17, 15) is 0 Å². The monoisotopic (exact) mass is 209 g/mol. The Hall–Kier alpha value is -1.81. The normalized spacial score (nSPS) is 12.2. The summed E-state index contributed by atoms with van der Waals surface area (Å²) in [6, 6.07) is 17.1. The highest BCUT2D eigenvalue weighted by atomic mass is 14.2. The largest absolute Gasteiger partial charge is 0.198 e. The smallest absolute Gasteiger partial charge is 0.0624 e. The molecule has 0 aromatic heterocycles. The number of hydrogen-bond acceptors (Lipinski definition) is 1. The Morgan fingerprint density at radius 1 is 1.12 bits per heavy atom. The summed E-state index contributed by atoms with van der Waals surface area (Å²) in [5.74, 6) is 0.436. The molecule has 16 heavy (non-hydrogen) atoms. The fourth-order valence-corrected chi connectivity index (χ4v) is 2.00. The van der Waals surface area contributed by atoms with Crippen molar-refractivity contribution in [2.45, 2.75) is 19.8 Å². The Bertz CT molecular complexity index is 522. The fraction of sp³-hybridized carbons (Fsp3) is 0.267. The molecule has 2 rings (SSSR count). The van der Waals surface area contributed by atoms with E-state index in [-0.39, 0.29) is 0 Å². The molecular weight excluding hydrogens is 194 g/mol. The Morgan fingerprint density at radius 2 is 1.88 bits per heavy atom. The molecule has 0 fully saturated rings. The summed E-state index contributed by atoms with van der Waals surface area (Å²) in [4.78, 5) is 0. The van der Waals surface area contributed by atoms with Crippen LogP contribution in [0.15, 0.2) is 42.5 Å². The van der Waals surface area contributed by atoms with Crippen LogP contribution in [0.3, 0.4) is 0 Å². The van der Waals surface area contributed by atoms with Crippen LogP contribution in [0.1, 0.15) is 18.9 Å². The van der Waals surface area contributed by atoms with Crippen molar-refractivity contribution in [2.24, 2.45) is 5.92 Å². The molecule has 0 N–H and O–H groups in total. The first kappa shape index (κ1) is 10.7. The van der Waals surface area contributed by atoms with E-state index in [0.717, 1.165) is 6.42 Å². The average Bonchev–Trinajstić information content (AvgIpc) is 2.29. The molecule has 2 aromatic carbocycles. The minimum Gasteiger partial charge on any atom is -0.198 e. The number of hydrogen-bond donors (Lipinski definition) is 0. The van der Waals surface area contributed by atoms with Crippen molar-refractivity contribution in [2.75, 3.05) is 0 Å². The van der Waals surface area contributed by atoms with Crippen LogP contribution in [0.2, 0.25) is 0 Å². The zero-order chi connectivity index (χ0) is 11.4. The first-order valence-electron chi connectivity index (χ1n) is 5.64. The van der Waals surface area contributed by atoms with Crippen molar-refractivity contribution in [3.05, 3.63) is 48.0 Å². The molecule has 0 spiro atoms. The second kappa shape index (κ2) is 4.81. The van der Waals surface area contributed by atoms with Gasteiger partial charge in [-0.3, -0.25) is 0 Å². The molecule has 80 valence electrons. The van der Waals surface area contributed by atoms with Gasteiger partial charge in [0.05, 0.1) is 6.07 Å². The van der Waals surface area contributed by atoms with Gasteiger partial charge >= 0.3 is 0 Å². The molecule has 0 aliphatic rings. The van der Waals surface area contributed by atoms with Crippen LogP contribution in [-0.2, 0) is 6.42 Å². The maximum atomic E-state index is 8.64. The molecule has 0 amide bonds. The summed E-state index contributed by atoms with van der Waals surface area (Å²) in [5.41, 5.74) is 1.32. The van der Waals surface area contributed by atoms with E-state index in [0.29, 0.717) is 12.3 Å². The van der Waals surface area contributed by atoms with Crippen LogP contribution >= 0.6 is 0 Å². The van der Waals surface area contributed by atoms with E-state index < -0.39 is 0 Å². The average molecular weight is 209 g/mol. The van der Waals surface area contributed by atoms with Gasteiger partial charge in [0.1, 0.15) is 0 Å². The zero-order valence-electron chi connectivity index (χ0n) is 9.48. The maximum absolute atomic E-state index is 8.64. The second-order valence-corrected chi connectivity index (χ2v) is 4.35. The fourth-order valence-electron chi connectivity index (χ4n) is 2.00. The Kier molecular flexibility index (Phi) is 3.22. The van der Waals surface area contributed by atoms with Crippen LogP contribution in [0.5, 0.6) is 0 Å². The summed E-state index contributed by atoms with van der Waals surface area (Å²) in [6.07, 6.45) is 1.62. The molecule has 0 heterocycles. The molecule has 1 unspecified atom stereocenters. The first-order chi connectivity index (χ1) is 7.79. The Labute approximate surface area is 96.3 Å². The molecule has 0 saturated carbocycles. The van der Waals surface area contributed by atoms with E-state index in [1.165, 1.54) is 16.3 Å². The van der Waals surface area contributed by atoms with Crippen LogP contribution < -0.4 is 0 Å². The lowest BCUT2D eigenvalue weighted by atomic mass is 9.97. The van der Waals surface area contributed by atoms with Gasteiger partial charge in [-0.15, -0.1) is 0 Å². The topological polar surface area (TPSA) is 23.8 Å². The minimum atomic E-state index is 0.436. The van der Waals surface area contributed by atoms with E-state index in [1.807, 2.05) is 0 Å². The molecule has 1 heteroatoms. The molecule has 0 radical (unpaired) electrons. The first-order valence-corrected chi connectivity index (χ1v) is 5.64. The van der Waals surface area contributed by atoms with Gasteiger partial charge in [0, 0.05) is 6.42 Å². The third-order valence-electron chi connectivity index (χ3n) is 2.84. The highest BCUT2D eigenvalue weighted by Gasteiger charge is 2.03. The number of nitriles is 1. The van der Waals surface area contributed by atoms with Gasteiger partial charge in [-0.05, 0) is 28.7 Å². The molecule has 0 aliphatic heterocycles. The zero-order valence-corrected chi connectivity index (χ0v) is 9.48. The predicted molar refractivity (Wildman–Crippen MR) is 67.0 cm³/mol. The maximum Gasteiger partial charge on any atom is 0.0624 e. The lowest BCUT2D eigenvalue weighted by molar-refractivity contribution is 0.596. The number of rotatable bonds is 3. The number of nitrogens with zero attached hydrogens (tertiary/aromatic N) is 1. The molecular formula is C15H15N. The molecule has 0 bridgehead atoms. The van der Waals surface area contributed by atoms with Crippen molar-refractivity contribution in [3.63, 3.8) is 0 Å². The predicted octanol–water partition coefficient (Wildman–Crippen LogP) is 3.93. The summed E-state index contributed by atoms with van der Waals surface area (Å²) >= 11 is 0. The lowest BCUT2D eigenvalue weighted by Crippen LogP contribution is -1.98. The lowest BCUT2D eigenvalue weighted by Gasteiger charge is -2.08. The molecule has 2 aromatic rings. The van der Waals surface area contributed by atoms with Gasteiger partial charge in [-0.1, -0.05) is 49.4 Å². The van der Waals surface area contributed by atoms with Crippen LogP contribution in [0, 0.1) is 17.2 Å². The number of fused-ring (bicyclic) bond motifs is 1. The van der Waals surface area contributed by atoms with Gasteiger partial charge in [0.15, 0.2) is 0 Å². The summed E-state index contributed by atoms with van der Waals surface area (Å²) in [7, 11) is 0. The quantitative estimate of drug-likeness (QED) is 0.751. The van der Waals surface area contributed by atoms with Gasteiger partial charge in [0.2, 0.25) is 0 Å². The van der Waals surface area contributed by atoms with Crippen molar-refractivity contribution in [1.29, 1.82) is 5.26 Å². The SMILES string of the molecule is CC(CC#N)Cc1ccc2ccccc2c1. The van der Waals surface area contributed by atoms with Gasteiger partial charge in [-0.25, -0.2) is 0 Å². The molecule has 1 atom stereocenters. The third kappa shape index (κ3) is 2.41. The van der Waals surface area contributed by atoms with E-state index in [1.54, 1.807) is 0 Å². The van der Waals surface area contributed by atoms with Crippen molar-refractivity contribution in [3.8, 4) is 6.07 Å². The molecule has 0 saturated heterocycles. The Morgan fingerprint density at radius 3 is 2.62 bits per heavy atom. The van der Waals surface area contributed by atoms with E-state index in [4.69, 9.17) is 5.26 Å². The summed E-state index contributed by atoms with van der Waals surface area (Å²) < 4.78 is 0. The van der Waals surface area contributed by atoms with Gasteiger partial charge in [-0.2, -0.15) is 5.26 Å². The van der Waals surface area contributed by atoms with Crippen molar-refractivity contribution >= 4 is 10.8 Å². The summed E-state index contributed by atoms with van der Waals surface area (Å²) in [6.45, 7) is 2.12. The van der Waals surface area contributed by atoms with E-state index >= 15 is 0 Å². The third-order valence-corrected chi connectivity index (χ3v) is 2.84. The van der Waals surface area contributed by atoms with Crippen LogP contribution in [0.4, 0.5) is 0 Å². The highest BCUT2D eigenvalue weighted by Crippen LogP contribution is 2.18. The second-order valence-electron chi connectivity index (χ2n) is 4.35. The van der Waals surface area contributed by atoms with Gasteiger partial charge in [0.25, 0.3) is 0 Å². The van der Waals surface area contributed by atoms with Crippen molar-refractivity contribution in [1.82, 2.24) is 0 Å². The standard InChI is InChI=1S/C15H15N/c1-12(8-9-16)10-13-6-7-14-4-2-3-5-15(14)11-13/h2-7,11-12H,8,10H2,1H3. The van der Waals surface area contributed by atoms with Crippen LogP contribution in [0.25, 0.3) is 10.8 Å². The molecule has 0 aliphatic carbocycles. The highest BCUT2D eigenvalue weighted by molar-refractivity contribution is 5.82. The summed E-state index contributed by atoms with van der Waals surface area (Å²) in [5, 5.41) is 11.2. The van der Waals surface area contributed by atoms with Crippen molar-refractivity contribution < 1.29 is 0 Å². The minimum absolute atomic E-state index is 0.436. The van der Waals surface area contributed by atoms with Crippen LogP contribution in [-0.4, -0.2) is 0 Å².